The lowest BCUT2D eigenvalue weighted by Crippen LogP contribution is -2.06. The maximum atomic E-state index is 12.5. The molecule has 2 nitrogen and oxygen atoms in total. The van der Waals surface area contributed by atoms with Gasteiger partial charge in [0.25, 0.3) is 0 Å². The summed E-state index contributed by atoms with van der Waals surface area (Å²) in [4.78, 5) is 11.0. The standard InChI is InChI=1S/C13H15F3O2S2/c1-9(7-12(17)18)19-5-6-20-11-4-2-3-10(8-11)13(14,15)16/h2-4,8-9H,5-7H2,1H3,(H,17,18). The fourth-order valence-corrected chi connectivity index (χ4v) is 3.48. The third kappa shape index (κ3) is 6.56. The van der Waals surface area contributed by atoms with Crippen molar-refractivity contribution in [1.82, 2.24) is 0 Å². The smallest absolute Gasteiger partial charge is 0.416 e. The number of rotatable bonds is 7. The first-order valence-corrected chi connectivity index (χ1v) is 7.96. The molecule has 0 aromatic heterocycles. The van der Waals surface area contributed by atoms with Gasteiger partial charge in [-0.3, -0.25) is 4.79 Å². The Labute approximate surface area is 124 Å². The van der Waals surface area contributed by atoms with E-state index >= 15 is 0 Å². The van der Waals surface area contributed by atoms with Gasteiger partial charge in [0.2, 0.25) is 0 Å². The Morgan fingerprint density at radius 3 is 2.65 bits per heavy atom. The Morgan fingerprint density at radius 2 is 2.05 bits per heavy atom. The van der Waals surface area contributed by atoms with Crippen LogP contribution in [0.1, 0.15) is 18.9 Å². The summed E-state index contributed by atoms with van der Waals surface area (Å²) in [5.74, 6) is 0.515. The molecule has 1 rings (SSSR count). The first-order chi connectivity index (χ1) is 9.29. The first-order valence-electron chi connectivity index (χ1n) is 5.92. The Bertz CT molecular complexity index is 449. The largest absolute Gasteiger partial charge is 0.481 e. The molecule has 1 aromatic carbocycles. The molecule has 0 saturated heterocycles. The van der Waals surface area contributed by atoms with Crippen LogP contribution in [-0.2, 0) is 11.0 Å². The van der Waals surface area contributed by atoms with Gasteiger partial charge in [0.1, 0.15) is 0 Å². The molecule has 1 atom stereocenters. The second-order valence-corrected chi connectivity index (χ2v) is 6.87. The van der Waals surface area contributed by atoms with Gasteiger partial charge in [0.05, 0.1) is 12.0 Å². The Kier molecular flexibility index (Phi) is 6.75. The highest BCUT2D eigenvalue weighted by Crippen LogP contribution is 2.32. The van der Waals surface area contributed by atoms with Gasteiger partial charge < -0.3 is 5.11 Å². The summed E-state index contributed by atoms with van der Waals surface area (Å²) >= 11 is 2.85. The molecular weight excluding hydrogens is 309 g/mol. The number of halogens is 3. The zero-order valence-corrected chi connectivity index (χ0v) is 12.4. The van der Waals surface area contributed by atoms with Crippen LogP contribution in [0.15, 0.2) is 29.2 Å². The Morgan fingerprint density at radius 1 is 1.35 bits per heavy atom. The van der Waals surface area contributed by atoms with Gasteiger partial charge in [-0.25, -0.2) is 0 Å². The SMILES string of the molecule is CC(CC(=O)O)SCCSc1cccc(C(F)(F)F)c1. The number of carbonyl (C=O) groups is 1. The van der Waals surface area contributed by atoms with Gasteiger partial charge in [0.15, 0.2) is 0 Å². The Hall–Kier alpha value is -0.820. The van der Waals surface area contributed by atoms with Crippen molar-refractivity contribution in [1.29, 1.82) is 0 Å². The predicted octanol–water partition coefficient (Wildman–Crippen LogP) is 4.39. The molecule has 0 amide bonds. The van der Waals surface area contributed by atoms with Crippen LogP contribution in [0, 0.1) is 0 Å². The molecule has 112 valence electrons. The van der Waals surface area contributed by atoms with Crippen LogP contribution in [0.3, 0.4) is 0 Å². The van der Waals surface area contributed by atoms with E-state index in [4.69, 9.17) is 5.11 Å². The van der Waals surface area contributed by atoms with Gasteiger partial charge >= 0.3 is 12.1 Å². The van der Waals surface area contributed by atoms with E-state index in [0.717, 1.165) is 12.1 Å². The minimum Gasteiger partial charge on any atom is -0.481 e. The van der Waals surface area contributed by atoms with Crippen molar-refractivity contribution in [3.05, 3.63) is 29.8 Å². The van der Waals surface area contributed by atoms with Crippen molar-refractivity contribution >= 4 is 29.5 Å². The van der Waals surface area contributed by atoms with Gasteiger partial charge in [-0.1, -0.05) is 13.0 Å². The fourth-order valence-electron chi connectivity index (χ4n) is 1.48. The normalized spacial score (nSPS) is 13.2. The number of hydrogen-bond donors (Lipinski definition) is 1. The topological polar surface area (TPSA) is 37.3 Å². The summed E-state index contributed by atoms with van der Waals surface area (Å²) in [5.41, 5.74) is -0.644. The van der Waals surface area contributed by atoms with Crippen molar-refractivity contribution in [3.8, 4) is 0 Å². The highest BCUT2D eigenvalue weighted by molar-refractivity contribution is 8.03. The summed E-state index contributed by atoms with van der Waals surface area (Å²) in [6.07, 6.45) is -4.22. The molecule has 1 aromatic rings. The molecule has 0 spiro atoms. The van der Waals surface area contributed by atoms with Gasteiger partial charge in [-0.2, -0.15) is 24.9 Å². The van der Waals surface area contributed by atoms with Gasteiger partial charge in [-0.15, -0.1) is 11.8 Å². The zero-order valence-electron chi connectivity index (χ0n) is 10.8. The minimum atomic E-state index is -4.32. The lowest BCUT2D eigenvalue weighted by atomic mass is 10.2. The van der Waals surface area contributed by atoms with E-state index in [1.165, 1.54) is 29.6 Å². The quantitative estimate of drug-likeness (QED) is 0.596. The van der Waals surface area contributed by atoms with Crippen molar-refractivity contribution < 1.29 is 23.1 Å². The molecular formula is C13H15F3O2S2. The van der Waals surface area contributed by atoms with E-state index in [9.17, 15) is 18.0 Å². The zero-order chi connectivity index (χ0) is 15.2. The maximum Gasteiger partial charge on any atom is 0.416 e. The molecule has 0 heterocycles. The van der Waals surface area contributed by atoms with Crippen molar-refractivity contribution in [2.75, 3.05) is 11.5 Å². The molecule has 1 N–H and O–H groups in total. The molecule has 0 fully saturated rings. The van der Waals surface area contributed by atoms with Crippen LogP contribution in [0.25, 0.3) is 0 Å². The van der Waals surface area contributed by atoms with Gasteiger partial charge in [-0.05, 0) is 18.2 Å². The molecule has 20 heavy (non-hydrogen) atoms. The number of carboxylic acids is 1. The molecule has 0 radical (unpaired) electrons. The highest BCUT2D eigenvalue weighted by atomic mass is 32.2. The summed E-state index contributed by atoms with van der Waals surface area (Å²) in [5, 5.41) is 8.61. The summed E-state index contributed by atoms with van der Waals surface area (Å²) in [6, 6.07) is 5.22. The van der Waals surface area contributed by atoms with Crippen LogP contribution in [-0.4, -0.2) is 27.8 Å². The number of hydrogen-bond acceptors (Lipinski definition) is 3. The minimum absolute atomic E-state index is 0.00890. The maximum absolute atomic E-state index is 12.5. The summed E-state index contributed by atoms with van der Waals surface area (Å²) in [7, 11) is 0. The van der Waals surface area contributed by atoms with Crippen LogP contribution in [0.4, 0.5) is 13.2 Å². The van der Waals surface area contributed by atoms with Crippen molar-refractivity contribution in [3.63, 3.8) is 0 Å². The molecule has 1 unspecified atom stereocenters. The molecule has 0 bridgehead atoms. The van der Waals surface area contributed by atoms with Crippen LogP contribution in [0.2, 0.25) is 0 Å². The van der Waals surface area contributed by atoms with E-state index in [0.29, 0.717) is 16.4 Å². The average molecular weight is 324 g/mol. The van der Waals surface area contributed by atoms with E-state index < -0.39 is 17.7 Å². The molecule has 0 aliphatic rings. The number of benzene rings is 1. The van der Waals surface area contributed by atoms with Crippen LogP contribution < -0.4 is 0 Å². The van der Waals surface area contributed by atoms with E-state index in [1.54, 1.807) is 6.07 Å². The predicted molar refractivity (Wildman–Crippen MR) is 76.3 cm³/mol. The highest BCUT2D eigenvalue weighted by Gasteiger charge is 2.30. The molecule has 0 saturated carbocycles. The number of carboxylic acid groups (broad SMARTS) is 1. The number of alkyl halides is 3. The molecule has 0 aliphatic heterocycles. The second kappa shape index (κ2) is 7.83. The van der Waals surface area contributed by atoms with E-state index in [1.807, 2.05) is 6.92 Å². The van der Waals surface area contributed by atoms with Crippen LogP contribution >= 0.6 is 23.5 Å². The number of thioether (sulfide) groups is 2. The van der Waals surface area contributed by atoms with Crippen LogP contribution in [0.5, 0.6) is 0 Å². The second-order valence-electron chi connectivity index (χ2n) is 4.15. The fraction of sp³-hybridized carbons (Fsp3) is 0.462. The van der Waals surface area contributed by atoms with Crippen molar-refractivity contribution in [2.24, 2.45) is 0 Å². The average Bonchev–Trinajstić information content (AvgIpc) is 2.33. The van der Waals surface area contributed by atoms with E-state index in [-0.39, 0.29) is 11.7 Å². The lowest BCUT2D eigenvalue weighted by molar-refractivity contribution is -0.138. The molecule has 0 aliphatic carbocycles. The Balaban J connectivity index is 2.37. The third-order valence-corrected chi connectivity index (χ3v) is 4.81. The molecule has 7 heteroatoms. The first kappa shape index (κ1) is 17.2. The van der Waals surface area contributed by atoms with E-state index in [2.05, 4.69) is 0 Å². The number of aliphatic carboxylic acids is 1. The third-order valence-electron chi connectivity index (χ3n) is 2.38. The summed E-state index contributed by atoms with van der Waals surface area (Å²) < 4.78 is 37.5. The van der Waals surface area contributed by atoms with Gasteiger partial charge in [0, 0.05) is 21.7 Å². The summed E-state index contributed by atoms with van der Waals surface area (Å²) in [6.45, 7) is 1.83. The lowest BCUT2D eigenvalue weighted by Gasteiger charge is -2.10. The monoisotopic (exact) mass is 324 g/mol. The van der Waals surface area contributed by atoms with Crippen molar-refractivity contribution in [2.45, 2.75) is 29.7 Å².